The van der Waals surface area contributed by atoms with Crippen molar-refractivity contribution in [2.45, 2.75) is 10.1 Å². The molecule has 0 aliphatic carbocycles. The van der Waals surface area contributed by atoms with E-state index in [2.05, 4.69) is 15.2 Å². The molecule has 0 saturated carbocycles. The SMILES string of the molecule is CN(C)c1nnc(SCc2cccnc2C(=N)N)s1. The molecular formula is C11H14N6S2. The number of hydrogen-bond acceptors (Lipinski definition) is 7. The van der Waals surface area contributed by atoms with Crippen LogP contribution in [0.2, 0.25) is 0 Å². The van der Waals surface area contributed by atoms with Gasteiger partial charge in [-0.1, -0.05) is 29.2 Å². The van der Waals surface area contributed by atoms with Crippen LogP contribution in [0.15, 0.2) is 22.7 Å². The lowest BCUT2D eigenvalue weighted by atomic mass is 10.2. The summed E-state index contributed by atoms with van der Waals surface area (Å²) in [6.07, 6.45) is 1.64. The van der Waals surface area contributed by atoms with Crippen molar-refractivity contribution in [1.29, 1.82) is 5.41 Å². The lowest BCUT2D eigenvalue weighted by Gasteiger charge is -2.05. The van der Waals surface area contributed by atoms with Gasteiger partial charge in [-0.25, -0.2) is 0 Å². The fourth-order valence-corrected chi connectivity index (χ4v) is 3.13. The molecule has 0 aliphatic heterocycles. The highest BCUT2D eigenvalue weighted by Gasteiger charge is 2.10. The molecule has 2 heterocycles. The minimum absolute atomic E-state index is 0.0116. The third-order valence-electron chi connectivity index (χ3n) is 2.28. The maximum absolute atomic E-state index is 7.49. The van der Waals surface area contributed by atoms with E-state index in [-0.39, 0.29) is 5.84 Å². The zero-order chi connectivity index (χ0) is 13.8. The number of rotatable bonds is 5. The van der Waals surface area contributed by atoms with Crippen molar-refractivity contribution in [3.05, 3.63) is 29.6 Å². The second-order valence-corrected chi connectivity index (χ2v) is 6.14. The van der Waals surface area contributed by atoms with Gasteiger partial charge in [0.05, 0.1) is 0 Å². The van der Waals surface area contributed by atoms with Crippen molar-refractivity contribution in [1.82, 2.24) is 15.2 Å². The van der Waals surface area contributed by atoms with Crippen LogP contribution >= 0.6 is 23.1 Å². The Kier molecular flexibility index (Phi) is 4.33. The molecule has 8 heteroatoms. The first-order chi connectivity index (χ1) is 9.08. The van der Waals surface area contributed by atoms with Gasteiger partial charge < -0.3 is 10.6 Å². The van der Waals surface area contributed by atoms with Crippen molar-refractivity contribution >= 4 is 34.1 Å². The van der Waals surface area contributed by atoms with Crippen LogP contribution in [0.3, 0.4) is 0 Å². The molecule has 2 rings (SSSR count). The number of nitrogens with two attached hydrogens (primary N) is 1. The molecule has 6 nitrogen and oxygen atoms in total. The molecule has 0 saturated heterocycles. The fraction of sp³-hybridized carbons (Fsp3) is 0.273. The van der Waals surface area contributed by atoms with E-state index in [1.54, 1.807) is 18.0 Å². The van der Waals surface area contributed by atoms with Crippen LogP contribution in [0.25, 0.3) is 0 Å². The smallest absolute Gasteiger partial charge is 0.208 e. The molecule has 0 fully saturated rings. The topological polar surface area (TPSA) is 91.8 Å². The van der Waals surface area contributed by atoms with E-state index in [1.807, 2.05) is 31.1 Å². The predicted molar refractivity (Wildman–Crippen MR) is 79.1 cm³/mol. The maximum Gasteiger partial charge on any atom is 0.208 e. The van der Waals surface area contributed by atoms with E-state index in [1.165, 1.54) is 11.3 Å². The van der Waals surface area contributed by atoms with Gasteiger partial charge in [0.25, 0.3) is 0 Å². The first-order valence-corrected chi connectivity index (χ1v) is 7.30. The highest BCUT2D eigenvalue weighted by atomic mass is 32.2. The Bertz CT molecular complexity index is 580. The summed E-state index contributed by atoms with van der Waals surface area (Å²) in [7, 11) is 3.87. The minimum Gasteiger partial charge on any atom is -0.382 e. The second kappa shape index (κ2) is 5.98. The zero-order valence-corrected chi connectivity index (χ0v) is 12.3. The first-order valence-electron chi connectivity index (χ1n) is 5.50. The molecule has 0 spiro atoms. The molecule has 19 heavy (non-hydrogen) atoms. The van der Waals surface area contributed by atoms with Crippen molar-refractivity contribution in [2.75, 3.05) is 19.0 Å². The van der Waals surface area contributed by atoms with Gasteiger partial charge in [-0.2, -0.15) is 0 Å². The molecule has 0 atom stereocenters. The molecule has 0 aliphatic rings. The van der Waals surface area contributed by atoms with Crippen molar-refractivity contribution in [3.8, 4) is 0 Å². The van der Waals surface area contributed by atoms with E-state index in [0.29, 0.717) is 11.4 Å². The number of thioether (sulfide) groups is 1. The van der Waals surface area contributed by atoms with Gasteiger partial charge in [-0.05, 0) is 11.6 Å². The van der Waals surface area contributed by atoms with Gasteiger partial charge in [0, 0.05) is 26.0 Å². The predicted octanol–water partition coefficient (Wildman–Crippen LogP) is 1.58. The van der Waals surface area contributed by atoms with Gasteiger partial charge in [-0.3, -0.25) is 10.4 Å². The Morgan fingerprint density at radius 1 is 1.47 bits per heavy atom. The summed E-state index contributed by atoms with van der Waals surface area (Å²) >= 11 is 3.11. The molecular weight excluding hydrogens is 280 g/mol. The summed E-state index contributed by atoms with van der Waals surface area (Å²) in [6, 6.07) is 3.76. The van der Waals surface area contributed by atoms with Crippen LogP contribution in [-0.2, 0) is 5.75 Å². The standard InChI is InChI=1S/C11H14N6S2/c1-17(2)10-15-16-11(19-10)18-6-7-4-3-5-14-8(7)9(12)13/h3-5H,6H2,1-2H3,(H3,12,13). The second-order valence-electron chi connectivity index (χ2n) is 3.96. The normalized spacial score (nSPS) is 10.4. The maximum atomic E-state index is 7.49. The van der Waals surface area contributed by atoms with E-state index < -0.39 is 0 Å². The van der Waals surface area contributed by atoms with Crippen molar-refractivity contribution in [2.24, 2.45) is 5.73 Å². The Morgan fingerprint density at radius 3 is 2.89 bits per heavy atom. The Hall–Kier alpha value is -1.67. The number of pyridine rings is 1. The molecule has 100 valence electrons. The summed E-state index contributed by atoms with van der Waals surface area (Å²) in [5.74, 6) is 0.660. The molecule has 0 unspecified atom stereocenters. The lowest BCUT2D eigenvalue weighted by Crippen LogP contribution is -2.15. The first kappa shape index (κ1) is 13.8. The Labute approximate surface area is 119 Å². The highest BCUT2D eigenvalue weighted by Crippen LogP contribution is 2.29. The Morgan fingerprint density at radius 2 is 2.26 bits per heavy atom. The summed E-state index contributed by atoms with van der Waals surface area (Å²) in [5, 5.41) is 16.6. The average molecular weight is 294 g/mol. The van der Waals surface area contributed by atoms with Crippen LogP contribution in [0.1, 0.15) is 11.3 Å². The molecule has 0 radical (unpaired) electrons. The minimum atomic E-state index is -0.0116. The van der Waals surface area contributed by atoms with Gasteiger partial charge >= 0.3 is 0 Å². The summed E-state index contributed by atoms with van der Waals surface area (Å²) in [4.78, 5) is 6.04. The third kappa shape index (κ3) is 3.42. The van der Waals surface area contributed by atoms with Gasteiger partial charge in [0.1, 0.15) is 11.5 Å². The molecule has 0 amide bonds. The summed E-state index contributed by atoms with van der Waals surface area (Å²) in [5.41, 5.74) is 6.97. The van der Waals surface area contributed by atoms with E-state index in [0.717, 1.165) is 15.0 Å². The number of nitrogens with zero attached hydrogens (tertiary/aromatic N) is 4. The number of nitrogen functional groups attached to an aromatic ring is 1. The van der Waals surface area contributed by atoms with Gasteiger partial charge in [0.2, 0.25) is 5.13 Å². The fourth-order valence-electron chi connectivity index (χ4n) is 1.38. The zero-order valence-electron chi connectivity index (χ0n) is 10.6. The summed E-state index contributed by atoms with van der Waals surface area (Å²) < 4.78 is 0.891. The quantitative estimate of drug-likeness (QED) is 0.494. The monoisotopic (exact) mass is 294 g/mol. The highest BCUT2D eigenvalue weighted by molar-refractivity contribution is 8.00. The van der Waals surface area contributed by atoms with Crippen LogP contribution in [-0.4, -0.2) is 35.1 Å². The number of nitrogens with one attached hydrogen (secondary N) is 1. The number of hydrogen-bond donors (Lipinski definition) is 2. The van der Waals surface area contributed by atoms with Crippen LogP contribution < -0.4 is 10.6 Å². The Balaban J connectivity index is 2.08. The third-order valence-corrected chi connectivity index (χ3v) is 4.55. The van der Waals surface area contributed by atoms with E-state index in [9.17, 15) is 0 Å². The van der Waals surface area contributed by atoms with Crippen molar-refractivity contribution < 1.29 is 0 Å². The molecule has 0 bridgehead atoms. The number of anilines is 1. The van der Waals surface area contributed by atoms with E-state index >= 15 is 0 Å². The number of amidine groups is 1. The largest absolute Gasteiger partial charge is 0.382 e. The van der Waals surface area contributed by atoms with Crippen molar-refractivity contribution in [3.63, 3.8) is 0 Å². The van der Waals surface area contributed by atoms with Gasteiger partial charge in [-0.15, -0.1) is 10.2 Å². The van der Waals surface area contributed by atoms with Crippen LogP contribution in [0.5, 0.6) is 0 Å². The van der Waals surface area contributed by atoms with Crippen LogP contribution in [0, 0.1) is 5.41 Å². The van der Waals surface area contributed by atoms with Gasteiger partial charge in [0.15, 0.2) is 4.34 Å². The lowest BCUT2D eigenvalue weighted by molar-refractivity contribution is 0.972. The molecule has 0 aromatic carbocycles. The summed E-state index contributed by atoms with van der Waals surface area (Å²) in [6.45, 7) is 0. The molecule has 2 aromatic heterocycles. The van der Waals surface area contributed by atoms with E-state index in [4.69, 9.17) is 11.1 Å². The molecule has 2 aromatic rings. The molecule has 3 N–H and O–H groups in total. The van der Waals surface area contributed by atoms with Crippen LogP contribution in [0.4, 0.5) is 5.13 Å². The number of aromatic nitrogens is 3. The average Bonchev–Trinajstić information content (AvgIpc) is 2.85.